The van der Waals surface area contributed by atoms with Crippen LogP contribution in [0.2, 0.25) is 0 Å². The quantitative estimate of drug-likeness (QED) is 0.162. The lowest BCUT2D eigenvalue weighted by molar-refractivity contribution is 1.18. The van der Waals surface area contributed by atoms with Gasteiger partial charge in [-0.15, -0.1) is 0 Å². The van der Waals surface area contributed by atoms with E-state index in [0.717, 1.165) is 22.7 Å². The number of hydrogen-bond acceptors (Lipinski definition) is 1. The van der Waals surface area contributed by atoms with Crippen LogP contribution in [0, 0.1) is 0 Å². The first-order valence-electron chi connectivity index (χ1n) is 18.5. The summed E-state index contributed by atoms with van der Waals surface area (Å²) in [6, 6.07) is 78.9. The van der Waals surface area contributed by atoms with Gasteiger partial charge in [0.1, 0.15) is 0 Å². The summed E-state index contributed by atoms with van der Waals surface area (Å²) < 4.78 is 2.39. The molecule has 0 aliphatic rings. The molecule has 0 saturated carbocycles. The number of fused-ring (bicyclic) bond motifs is 4. The highest BCUT2D eigenvalue weighted by Gasteiger charge is 2.21. The molecule has 0 radical (unpaired) electrons. The van der Waals surface area contributed by atoms with Gasteiger partial charge >= 0.3 is 0 Å². The lowest BCUT2D eigenvalue weighted by Crippen LogP contribution is -2.11. The third-order valence-corrected chi connectivity index (χ3v) is 10.6. The minimum absolute atomic E-state index is 1.11. The number of para-hydroxylation sites is 5. The molecule has 9 aromatic carbocycles. The van der Waals surface area contributed by atoms with Crippen LogP contribution in [0.3, 0.4) is 0 Å². The van der Waals surface area contributed by atoms with E-state index in [1.807, 2.05) is 0 Å². The fraction of sp³-hybridized carbons (Fsp3) is 0. The van der Waals surface area contributed by atoms with Gasteiger partial charge in [-0.2, -0.15) is 0 Å². The molecule has 10 rings (SSSR count). The predicted molar refractivity (Wildman–Crippen MR) is 229 cm³/mol. The molecule has 0 bridgehead atoms. The van der Waals surface area contributed by atoms with Crippen molar-refractivity contribution in [2.24, 2.45) is 0 Å². The topological polar surface area (TPSA) is 8.17 Å². The normalized spacial score (nSPS) is 11.3. The molecule has 10 aromatic rings. The van der Waals surface area contributed by atoms with Crippen molar-refractivity contribution < 1.29 is 0 Å². The standard InChI is InChI=1S/C52H36N2/c1-4-19-40(20-5-1)53(41-21-6-2-7-22-41)50-29-14-12-26-46(50)45-33-31-38(35-49(45)44-28-16-18-37-17-10-11-25-43(37)44)39-32-34-48-47-27-13-15-30-51(47)54(52(48)36-39)42-23-8-3-9-24-42/h1-36H. The van der Waals surface area contributed by atoms with Crippen molar-refractivity contribution in [2.45, 2.75) is 0 Å². The van der Waals surface area contributed by atoms with Crippen molar-refractivity contribution in [3.63, 3.8) is 0 Å². The first-order valence-corrected chi connectivity index (χ1v) is 18.5. The van der Waals surface area contributed by atoms with E-state index in [1.165, 1.54) is 66.0 Å². The fourth-order valence-electron chi connectivity index (χ4n) is 8.12. The number of benzene rings is 9. The molecule has 0 atom stereocenters. The van der Waals surface area contributed by atoms with Gasteiger partial charge in [-0.05, 0) is 99.3 Å². The molecule has 0 fully saturated rings. The predicted octanol–water partition coefficient (Wildman–Crippen LogP) is 14.4. The summed E-state index contributed by atoms with van der Waals surface area (Å²) in [7, 11) is 0. The largest absolute Gasteiger partial charge is 0.310 e. The SMILES string of the molecule is c1ccc(N(c2ccccc2)c2ccccc2-c2ccc(-c3ccc4c5ccccc5n(-c5ccccc5)c4c3)cc2-c2cccc3ccccc23)cc1. The summed E-state index contributed by atoms with van der Waals surface area (Å²) in [5.41, 5.74) is 14.0. The Bertz CT molecular complexity index is 2880. The molecule has 1 heterocycles. The molecule has 2 heteroatoms. The number of aromatic nitrogens is 1. The van der Waals surface area contributed by atoms with Crippen LogP contribution in [-0.4, -0.2) is 4.57 Å². The maximum atomic E-state index is 2.40. The van der Waals surface area contributed by atoms with Gasteiger partial charge in [-0.3, -0.25) is 0 Å². The lowest BCUT2D eigenvalue weighted by Gasteiger charge is -2.28. The smallest absolute Gasteiger partial charge is 0.0547 e. The number of rotatable bonds is 7. The highest BCUT2D eigenvalue weighted by Crippen LogP contribution is 2.46. The zero-order valence-corrected chi connectivity index (χ0v) is 29.7. The van der Waals surface area contributed by atoms with Gasteiger partial charge in [-0.25, -0.2) is 0 Å². The van der Waals surface area contributed by atoms with Gasteiger partial charge < -0.3 is 9.47 Å². The Morgan fingerprint density at radius 3 is 1.65 bits per heavy atom. The molecule has 0 amide bonds. The van der Waals surface area contributed by atoms with Crippen LogP contribution < -0.4 is 4.90 Å². The monoisotopic (exact) mass is 688 g/mol. The molecule has 0 spiro atoms. The molecule has 0 unspecified atom stereocenters. The molecular weight excluding hydrogens is 653 g/mol. The van der Waals surface area contributed by atoms with Gasteiger partial charge in [0.25, 0.3) is 0 Å². The van der Waals surface area contributed by atoms with E-state index < -0.39 is 0 Å². The van der Waals surface area contributed by atoms with E-state index in [-0.39, 0.29) is 0 Å². The van der Waals surface area contributed by atoms with Crippen LogP contribution in [0.4, 0.5) is 17.1 Å². The van der Waals surface area contributed by atoms with E-state index in [0.29, 0.717) is 0 Å². The van der Waals surface area contributed by atoms with E-state index in [1.54, 1.807) is 0 Å². The van der Waals surface area contributed by atoms with Crippen molar-refractivity contribution in [1.29, 1.82) is 0 Å². The molecule has 0 N–H and O–H groups in total. The first-order chi connectivity index (χ1) is 26.8. The van der Waals surface area contributed by atoms with E-state index >= 15 is 0 Å². The Morgan fingerprint density at radius 1 is 0.315 bits per heavy atom. The molecule has 1 aromatic heterocycles. The summed E-state index contributed by atoms with van der Waals surface area (Å²) in [4.78, 5) is 2.37. The van der Waals surface area contributed by atoms with Crippen LogP contribution in [0.15, 0.2) is 218 Å². The van der Waals surface area contributed by atoms with Crippen LogP contribution in [0.1, 0.15) is 0 Å². The highest BCUT2D eigenvalue weighted by atomic mass is 15.1. The summed E-state index contributed by atoms with van der Waals surface area (Å²) in [6.45, 7) is 0. The minimum atomic E-state index is 1.11. The maximum absolute atomic E-state index is 2.40. The number of anilines is 3. The Hall–Kier alpha value is -7.16. The lowest BCUT2D eigenvalue weighted by atomic mass is 9.88. The van der Waals surface area contributed by atoms with Crippen LogP contribution in [0.25, 0.3) is 71.6 Å². The average molecular weight is 689 g/mol. The van der Waals surface area contributed by atoms with E-state index in [2.05, 4.69) is 228 Å². The van der Waals surface area contributed by atoms with Crippen LogP contribution in [-0.2, 0) is 0 Å². The van der Waals surface area contributed by atoms with Gasteiger partial charge in [-0.1, -0.05) is 158 Å². The summed E-state index contributed by atoms with van der Waals surface area (Å²) in [5, 5.41) is 4.97. The Kier molecular flexibility index (Phi) is 7.85. The summed E-state index contributed by atoms with van der Waals surface area (Å²) >= 11 is 0. The second kappa shape index (κ2) is 13.4. The molecule has 0 aliphatic carbocycles. The second-order valence-electron chi connectivity index (χ2n) is 13.7. The summed E-state index contributed by atoms with van der Waals surface area (Å²) in [6.07, 6.45) is 0. The Morgan fingerprint density at radius 2 is 0.870 bits per heavy atom. The highest BCUT2D eigenvalue weighted by molar-refractivity contribution is 6.10. The Labute approximate surface area is 315 Å². The molecule has 254 valence electrons. The minimum Gasteiger partial charge on any atom is -0.310 e. The Balaban J connectivity index is 1.22. The van der Waals surface area contributed by atoms with E-state index in [4.69, 9.17) is 0 Å². The summed E-state index contributed by atoms with van der Waals surface area (Å²) in [5.74, 6) is 0. The van der Waals surface area contributed by atoms with Crippen LogP contribution in [0.5, 0.6) is 0 Å². The zero-order chi connectivity index (χ0) is 35.8. The number of nitrogens with zero attached hydrogens (tertiary/aromatic N) is 2. The zero-order valence-electron chi connectivity index (χ0n) is 29.7. The number of hydrogen-bond donors (Lipinski definition) is 0. The maximum Gasteiger partial charge on any atom is 0.0547 e. The van der Waals surface area contributed by atoms with Crippen LogP contribution >= 0.6 is 0 Å². The van der Waals surface area contributed by atoms with Crippen molar-refractivity contribution in [1.82, 2.24) is 4.57 Å². The molecular formula is C52H36N2. The van der Waals surface area contributed by atoms with Crippen molar-refractivity contribution in [3.05, 3.63) is 218 Å². The molecule has 0 aliphatic heterocycles. The molecule has 0 saturated heterocycles. The third kappa shape index (κ3) is 5.44. The van der Waals surface area contributed by atoms with Gasteiger partial charge in [0.15, 0.2) is 0 Å². The first kappa shape index (κ1) is 31.6. The fourth-order valence-corrected chi connectivity index (χ4v) is 8.12. The van der Waals surface area contributed by atoms with Gasteiger partial charge in [0.05, 0.1) is 16.7 Å². The van der Waals surface area contributed by atoms with E-state index in [9.17, 15) is 0 Å². The van der Waals surface area contributed by atoms with Gasteiger partial charge in [0.2, 0.25) is 0 Å². The van der Waals surface area contributed by atoms with Crippen molar-refractivity contribution >= 4 is 49.6 Å². The average Bonchev–Trinajstić information content (AvgIpc) is 3.58. The van der Waals surface area contributed by atoms with Crippen molar-refractivity contribution in [2.75, 3.05) is 4.90 Å². The molecule has 2 nitrogen and oxygen atoms in total. The second-order valence-corrected chi connectivity index (χ2v) is 13.7. The van der Waals surface area contributed by atoms with Crippen molar-refractivity contribution in [3.8, 4) is 39.1 Å². The molecule has 54 heavy (non-hydrogen) atoms. The van der Waals surface area contributed by atoms with Gasteiger partial charge in [0, 0.05) is 33.4 Å². The third-order valence-electron chi connectivity index (χ3n) is 10.6.